The maximum absolute atomic E-state index is 13.4. The largest absolute Gasteiger partial charge is 0.507 e. The van der Waals surface area contributed by atoms with Crippen molar-refractivity contribution in [1.82, 2.24) is 9.47 Å². The molecule has 0 fully saturated rings. The van der Waals surface area contributed by atoms with Gasteiger partial charge in [-0.2, -0.15) is 0 Å². The third-order valence-corrected chi connectivity index (χ3v) is 6.70. The first kappa shape index (κ1) is 24.1. The molecule has 5 heteroatoms. The molecule has 0 radical (unpaired) electrons. The van der Waals surface area contributed by atoms with Gasteiger partial charge in [-0.25, -0.2) is 0 Å². The summed E-state index contributed by atoms with van der Waals surface area (Å²) in [5, 5.41) is 11.9. The Kier molecular flexibility index (Phi) is 7.42. The SMILES string of the molecule is CCCCN(CCCC)Cc1c(O)cc(C)c2c1O/C(=C/c1cn(CC)c3ccccc13)C2=O. The van der Waals surface area contributed by atoms with Gasteiger partial charge in [0.05, 0.1) is 11.1 Å². The molecule has 0 aliphatic carbocycles. The molecule has 1 aromatic heterocycles. The van der Waals surface area contributed by atoms with Gasteiger partial charge in [0.2, 0.25) is 5.78 Å². The number of Topliss-reactive ketones (excluding diaryl/α,β-unsaturated/α-hetero) is 1. The van der Waals surface area contributed by atoms with Crippen LogP contribution in [0.3, 0.4) is 0 Å². The third kappa shape index (κ3) is 4.62. The van der Waals surface area contributed by atoms with Crippen LogP contribution in [0.1, 0.15) is 73.5 Å². The molecule has 0 bridgehead atoms. The molecule has 0 amide bonds. The zero-order valence-electron chi connectivity index (χ0n) is 20.9. The number of para-hydroxylation sites is 1. The summed E-state index contributed by atoms with van der Waals surface area (Å²) < 4.78 is 8.41. The van der Waals surface area contributed by atoms with Crippen LogP contribution >= 0.6 is 0 Å². The van der Waals surface area contributed by atoms with Crippen molar-refractivity contribution >= 4 is 22.8 Å². The first-order chi connectivity index (χ1) is 16.5. The van der Waals surface area contributed by atoms with Crippen LogP contribution in [0, 0.1) is 6.92 Å². The Labute approximate surface area is 202 Å². The van der Waals surface area contributed by atoms with E-state index in [0.29, 0.717) is 29.2 Å². The van der Waals surface area contributed by atoms with Gasteiger partial charge in [-0.1, -0.05) is 44.9 Å². The Morgan fingerprint density at radius 1 is 1.09 bits per heavy atom. The van der Waals surface area contributed by atoms with Gasteiger partial charge in [-0.3, -0.25) is 9.69 Å². The monoisotopic (exact) mass is 460 g/mol. The number of phenolic OH excluding ortho intramolecular Hbond substituents is 1. The Hall–Kier alpha value is -3.05. The number of ketones is 1. The summed E-state index contributed by atoms with van der Waals surface area (Å²) >= 11 is 0. The third-order valence-electron chi connectivity index (χ3n) is 6.70. The van der Waals surface area contributed by atoms with Gasteiger partial charge < -0.3 is 14.4 Å². The summed E-state index contributed by atoms with van der Waals surface area (Å²) in [6.45, 7) is 11.7. The normalized spacial score (nSPS) is 14.4. The van der Waals surface area contributed by atoms with Crippen molar-refractivity contribution in [2.24, 2.45) is 0 Å². The molecule has 5 nitrogen and oxygen atoms in total. The van der Waals surface area contributed by atoms with Gasteiger partial charge in [-0.05, 0) is 63.6 Å². The molecule has 1 aliphatic heterocycles. The zero-order valence-corrected chi connectivity index (χ0v) is 20.9. The van der Waals surface area contributed by atoms with Gasteiger partial charge in [0.15, 0.2) is 5.76 Å². The molecule has 3 aromatic rings. The highest BCUT2D eigenvalue weighted by Crippen LogP contribution is 2.42. The molecule has 4 rings (SSSR count). The summed E-state index contributed by atoms with van der Waals surface area (Å²) in [6, 6.07) is 9.91. The van der Waals surface area contributed by atoms with Crippen molar-refractivity contribution in [1.29, 1.82) is 0 Å². The van der Waals surface area contributed by atoms with Crippen molar-refractivity contribution in [2.75, 3.05) is 13.1 Å². The number of aromatic nitrogens is 1. The number of fused-ring (bicyclic) bond motifs is 2. The van der Waals surface area contributed by atoms with Crippen LogP contribution in [-0.4, -0.2) is 33.4 Å². The topological polar surface area (TPSA) is 54.7 Å². The fourth-order valence-electron chi connectivity index (χ4n) is 4.78. The van der Waals surface area contributed by atoms with E-state index < -0.39 is 0 Å². The lowest BCUT2D eigenvalue weighted by Crippen LogP contribution is -2.26. The number of aromatic hydroxyl groups is 1. The van der Waals surface area contributed by atoms with Crippen LogP contribution in [0.4, 0.5) is 0 Å². The van der Waals surface area contributed by atoms with Gasteiger partial charge in [0, 0.05) is 35.8 Å². The van der Waals surface area contributed by atoms with Gasteiger partial charge in [0.25, 0.3) is 0 Å². The van der Waals surface area contributed by atoms with Crippen LogP contribution in [0.15, 0.2) is 42.3 Å². The summed E-state index contributed by atoms with van der Waals surface area (Å²) in [6.07, 6.45) is 8.36. The molecule has 0 unspecified atom stereocenters. The number of carbonyl (C=O) groups excluding carboxylic acids is 1. The fraction of sp³-hybridized carbons (Fsp3) is 0.414. The van der Waals surface area contributed by atoms with Crippen LogP contribution in [0.5, 0.6) is 11.5 Å². The van der Waals surface area contributed by atoms with E-state index >= 15 is 0 Å². The minimum absolute atomic E-state index is 0.115. The number of carbonyl (C=O) groups is 1. The zero-order chi connectivity index (χ0) is 24.2. The molecule has 0 spiro atoms. The molecule has 0 atom stereocenters. The summed E-state index contributed by atoms with van der Waals surface area (Å²) in [4.78, 5) is 15.8. The van der Waals surface area contributed by atoms with Crippen molar-refractivity contribution in [3.8, 4) is 11.5 Å². The highest BCUT2D eigenvalue weighted by Gasteiger charge is 2.34. The number of unbranched alkanes of at least 4 members (excludes halogenated alkanes) is 2. The molecular formula is C29H36N2O3. The maximum atomic E-state index is 13.4. The summed E-state index contributed by atoms with van der Waals surface area (Å²) in [5.41, 5.74) is 4.13. The molecule has 180 valence electrons. The number of ether oxygens (including phenoxy) is 1. The van der Waals surface area contributed by atoms with Crippen LogP contribution < -0.4 is 4.74 Å². The van der Waals surface area contributed by atoms with E-state index in [1.54, 1.807) is 6.07 Å². The number of allylic oxidation sites excluding steroid dienone is 1. The van der Waals surface area contributed by atoms with E-state index in [-0.39, 0.29) is 11.5 Å². The number of benzene rings is 2. The predicted molar refractivity (Wildman–Crippen MR) is 138 cm³/mol. The number of aryl methyl sites for hydroxylation is 2. The second kappa shape index (κ2) is 10.5. The second-order valence-electron chi connectivity index (χ2n) is 9.21. The predicted octanol–water partition coefficient (Wildman–Crippen LogP) is 6.69. The fourth-order valence-corrected chi connectivity index (χ4v) is 4.78. The second-order valence-corrected chi connectivity index (χ2v) is 9.21. The van der Waals surface area contributed by atoms with Gasteiger partial charge in [0.1, 0.15) is 11.5 Å². The quantitative estimate of drug-likeness (QED) is 0.342. The Morgan fingerprint density at radius 2 is 1.79 bits per heavy atom. The van der Waals surface area contributed by atoms with E-state index in [0.717, 1.165) is 67.3 Å². The van der Waals surface area contributed by atoms with E-state index in [1.165, 1.54) is 0 Å². The lowest BCUT2D eigenvalue weighted by molar-refractivity contribution is 0.101. The summed E-state index contributed by atoms with van der Waals surface area (Å²) in [5.74, 6) is 0.922. The lowest BCUT2D eigenvalue weighted by atomic mass is 9.99. The Balaban J connectivity index is 1.72. The van der Waals surface area contributed by atoms with Crippen molar-refractivity contribution in [3.05, 3.63) is 64.5 Å². The minimum Gasteiger partial charge on any atom is -0.507 e. The van der Waals surface area contributed by atoms with Gasteiger partial charge >= 0.3 is 0 Å². The number of phenols is 1. The number of nitrogens with zero attached hydrogens (tertiary/aromatic N) is 2. The molecule has 2 aromatic carbocycles. The minimum atomic E-state index is -0.115. The Morgan fingerprint density at radius 3 is 2.47 bits per heavy atom. The smallest absolute Gasteiger partial charge is 0.232 e. The number of hydrogen-bond acceptors (Lipinski definition) is 4. The van der Waals surface area contributed by atoms with E-state index in [2.05, 4.69) is 48.6 Å². The van der Waals surface area contributed by atoms with Crippen LogP contribution in [0.25, 0.3) is 17.0 Å². The highest BCUT2D eigenvalue weighted by atomic mass is 16.5. The standard InChI is InChI=1S/C29H36N2O3/c1-5-8-14-30(15-9-6-2)19-23-25(32)16-20(4)27-28(33)26(34-29(23)27)17-21-18-31(7-3)24-13-11-10-12-22(21)24/h10-13,16-18,32H,5-9,14-15,19H2,1-4H3/b26-17+. The molecule has 1 N–H and O–H groups in total. The average Bonchev–Trinajstić information content (AvgIpc) is 3.36. The molecule has 0 saturated carbocycles. The first-order valence-electron chi connectivity index (χ1n) is 12.6. The number of hydrogen-bond donors (Lipinski definition) is 1. The van der Waals surface area contributed by atoms with E-state index in [1.807, 2.05) is 25.1 Å². The van der Waals surface area contributed by atoms with Gasteiger partial charge in [-0.15, -0.1) is 0 Å². The lowest BCUT2D eigenvalue weighted by Gasteiger charge is -2.23. The highest BCUT2D eigenvalue weighted by molar-refractivity contribution is 6.16. The van der Waals surface area contributed by atoms with E-state index in [4.69, 9.17) is 4.74 Å². The summed E-state index contributed by atoms with van der Waals surface area (Å²) in [7, 11) is 0. The molecule has 2 heterocycles. The number of rotatable bonds is 10. The van der Waals surface area contributed by atoms with Crippen LogP contribution in [-0.2, 0) is 13.1 Å². The van der Waals surface area contributed by atoms with E-state index in [9.17, 15) is 9.90 Å². The average molecular weight is 461 g/mol. The van der Waals surface area contributed by atoms with Crippen molar-refractivity contribution < 1.29 is 14.6 Å². The Bertz CT molecular complexity index is 1210. The molecular weight excluding hydrogens is 424 g/mol. The maximum Gasteiger partial charge on any atom is 0.232 e. The van der Waals surface area contributed by atoms with Crippen molar-refractivity contribution in [3.63, 3.8) is 0 Å². The first-order valence-corrected chi connectivity index (χ1v) is 12.6. The molecule has 1 aliphatic rings. The molecule has 0 saturated heterocycles. The van der Waals surface area contributed by atoms with Crippen molar-refractivity contribution in [2.45, 2.75) is 66.5 Å². The van der Waals surface area contributed by atoms with Crippen LogP contribution in [0.2, 0.25) is 0 Å². The molecule has 34 heavy (non-hydrogen) atoms.